The van der Waals surface area contributed by atoms with Crippen molar-refractivity contribution in [1.29, 1.82) is 0 Å². The van der Waals surface area contributed by atoms with Gasteiger partial charge < -0.3 is 24.7 Å². The van der Waals surface area contributed by atoms with Crippen LogP contribution in [0.15, 0.2) is 30.3 Å². The van der Waals surface area contributed by atoms with Crippen LogP contribution in [-0.4, -0.2) is 72.7 Å². The molecule has 0 atom stereocenters. The van der Waals surface area contributed by atoms with Crippen molar-refractivity contribution in [1.82, 2.24) is 14.8 Å². The standard InChI is InChI=1S/C27H39N3O2.ClH.H2O/c1-7-29(8-2)11-13-31-26-18-24-22(15-20(26)5)17-23-16-21(6)27(19-25(23)28-24)32-14-12-30(9-3)10-4;;/h15-19H,7-14H2,1-6H3;1H;1H2. The van der Waals surface area contributed by atoms with E-state index in [1.807, 2.05) is 0 Å². The molecule has 0 bridgehead atoms. The molecular formula is C27H42ClN3O3. The van der Waals surface area contributed by atoms with Crippen molar-refractivity contribution < 1.29 is 14.9 Å². The molecule has 0 aliphatic carbocycles. The van der Waals surface area contributed by atoms with Gasteiger partial charge in [-0.25, -0.2) is 4.98 Å². The van der Waals surface area contributed by atoms with E-state index in [4.69, 9.17) is 14.5 Å². The number of rotatable bonds is 12. The lowest BCUT2D eigenvalue weighted by Gasteiger charge is -2.19. The Bertz CT molecular complexity index is 958. The van der Waals surface area contributed by atoms with Crippen molar-refractivity contribution >= 4 is 34.2 Å². The van der Waals surface area contributed by atoms with Crippen molar-refractivity contribution in [3.63, 3.8) is 0 Å². The summed E-state index contributed by atoms with van der Waals surface area (Å²) in [6.45, 7) is 20.4. The summed E-state index contributed by atoms with van der Waals surface area (Å²) in [5.74, 6) is 1.83. The van der Waals surface area contributed by atoms with Gasteiger partial charge in [-0.05, 0) is 69.4 Å². The van der Waals surface area contributed by atoms with Gasteiger partial charge in [0, 0.05) is 36.0 Å². The van der Waals surface area contributed by atoms with E-state index in [0.717, 1.165) is 83.7 Å². The monoisotopic (exact) mass is 491 g/mol. The lowest BCUT2D eigenvalue weighted by molar-refractivity contribution is 0.222. The summed E-state index contributed by atoms with van der Waals surface area (Å²) in [5, 5.41) is 2.28. The summed E-state index contributed by atoms with van der Waals surface area (Å²) >= 11 is 0. The number of nitrogens with zero attached hydrogens (tertiary/aromatic N) is 3. The third kappa shape index (κ3) is 7.44. The lowest BCUT2D eigenvalue weighted by atomic mass is 10.1. The van der Waals surface area contributed by atoms with Crippen LogP contribution < -0.4 is 9.47 Å². The van der Waals surface area contributed by atoms with Crippen molar-refractivity contribution in [2.24, 2.45) is 0 Å². The average Bonchev–Trinajstić information content (AvgIpc) is 2.79. The Morgan fingerprint density at radius 3 is 1.38 bits per heavy atom. The highest BCUT2D eigenvalue weighted by atomic mass is 35.5. The number of hydrogen-bond acceptors (Lipinski definition) is 5. The Morgan fingerprint density at radius 1 is 0.647 bits per heavy atom. The normalized spacial score (nSPS) is 11.1. The first kappa shape index (κ1) is 29.9. The topological polar surface area (TPSA) is 69.3 Å². The Kier molecular flexibility index (Phi) is 12.6. The second-order valence-electron chi connectivity index (χ2n) is 8.36. The molecule has 0 radical (unpaired) electrons. The first-order valence-corrected chi connectivity index (χ1v) is 12.0. The molecule has 0 saturated heterocycles. The summed E-state index contributed by atoms with van der Waals surface area (Å²) in [6.07, 6.45) is 0. The fourth-order valence-electron chi connectivity index (χ4n) is 4.08. The zero-order valence-electron chi connectivity index (χ0n) is 21.6. The van der Waals surface area contributed by atoms with Gasteiger partial charge in [-0.15, -0.1) is 12.4 Å². The second kappa shape index (κ2) is 14.3. The Hall–Kier alpha value is -2.12. The average molecular weight is 492 g/mol. The summed E-state index contributed by atoms with van der Waals surface area (Å²) in [4.78, 5) is 9.69. The van der Waals surface area contributed by atoms with Gasteiger partial charge in [0.25, 0.3) is 0 Å². The Labute approximate surface area is 211 Å². The minimum absolute atomic E-state index is 0. The zero-order chi connectivity index (χ0) is 23.1. The number of benzene rings is 2. The molecule has 7 heteroatoms. The molecule has 0 unspecified atom stereocenters. The smallest absolute Gasteiger partial charge is 0.124 e. The summed E-state index contributed by atoms with van der Waals surface area (Å²) in [5.41, 5.74) is 4.20. The molecule has 2 aromatic carbocycles. The number of hydrogen-bond donors (Lipinski definition) is 0. The number of pyridine rings is 1. The fraction of sp³-hybridized carbons (Fsp3) is 0.519. The predicted molar refractivity (Wildman–Crippen MR) is 146 cm³/mol. The second-order valence-corrected chi connectivity index (χ2v) is 8.36. The summed E-state index contributed by atoms with van der Waals surface area (Å²) < 4.78 is 12.2. The van der Waals surface area contributed by atoms with Crippen LogP contribution in [0, 0.1) is 13.8 Å². The summed E-state index contributed by atoms with van der Waals surface area (Å²) in [6, 6.07) is 10.7. The molecule has 0 aliphatic rings. The van der Waals surface area contributed by atoms with Crippen LogP contribution in [0.2, 0.25) is 0 Å². The van der Waals surface area contributed by atoms with Gasteiger partial charge in [0.1, 0.15) is 24.7 Å². The van der Waals surface area contributed by atoms with Crippen molar-refractivity contribution in [3.8, 4) is 11.5 Å². The molecule has 0 fully saturated rings. The highest BCUT2D eigenvalue weighted by molar-refractivity contribution is 5.94. The van der Waals surface area contributed by atoms with Gasteiger partial charge in [-0.3, -0.25) is 0 Å². The molecule has 0 saturated carbocycles. The minimum atomic E-state index is 0. The van der Waals surface area contributed by atoms with E-state index in [1.165, 1.54) is 0 Å². The van der Waals surface area contributed by atoms with E-state index in [1.54, 1.807) is 0 Å². The molecule has 1 aromatic heterocycles. The molecule has 1 heterocycles. The zero-order valence-corrected chi connectivity index (χ0v) is 22.4. The van der Waals surface area contributed by atoms with Gasteiger partial charge >= 0.3 is 0 Å². The fourth-order valence-corrected chi connectivity index (χ4v) is 4.08. The first-order chi connectivity index (χ1) is 15.5. The molecule has 34 heavy (non-hydrogen) atoms. The van der Waals surface area contributed by atoms with Gasteiger partial charge in [-0.2, -0.15) is 0 Å². The lowest BCUT2D eigenvalue weighted by Crippen LogP contribution is -2.28. The van der Waals surface area contributed by atoms with E-state index >= 15 is 0 Å². The maximum absolute atomic E-state index is 6.12. The highest BCUT2D eigenvalue weighted by Crippen LogP contribution is 2.30. The van der Waals surface area contributed by atoms with Gasteiger partial charge in [0.2, 0.25) is 0 Å². The molecule has 2 N–H and O–H groups in total. The summed E-state index contributed by atoms with van der Waals surface area (Å²) in [7, 11) is 0. The van der Waals surface area contributed by atoms with Crippen molar-refractivity contribution in [2.45, 2.75) is 41.5 Å². The van der Waals surface area contributed by atoms with E-state index < -0.39 is 0 Å². The molecule has 3 rings (SSSR count). The van der Waals surface area contributed by atoms with Crippen LogP contribution in [0.3, 0.4) is 0 Å². The molecule has 0 aliphatic heterocycles. The third-order valence-corrected chi connectivity index (χ3v) is 6.32. The van der Waals surface area contributed by atoms with Gasteiger partial charge in [0.15, 0.2) is 0 Å². The van der Waals surface area contributed by atoms with Crippen LogP contribution in [-0.2, 0) is 0 Å². The SMILES string of the molecule is CCN(CC)CCOc1cc2nc3cc(OCCN(CC)CC)c(C)cc3cc2cc1C.Cl.O. The number of halogens is 1. The Morgan fingerprint density at radius 2 is 1.03 bits per heavy atom. The molecule has 0 amide bonds. The number of ether oxygens (including phenoxy) is 2. The maximum Gasteiger partial charge on any atom is 0.124 e. The van der Waals surface area contributed by atoms with Crippen LogP contribution in [0.1, 0.15) is 38.8 Å². The van der Waals surface area contributed by atoms with E-state index in [0.29, 0.717) is 13.2 Å². The van der Waals surface area contributed by atoms with Gasteiger partial charge in [0.05, 0.1) is 11.0 Å². The van der Waals surface area contributed by atoms with Crippen LogP contribution in [0.4, 0.5) is 0 Å². The molecule has 6 nitrogen and oxygen atoms in total. The third-order valence-electron chi connectivity index (χ3n) is 6.32. The number of likely N-dealkylation sites (N-methyl/N-ethyl adjacent to an activating group) is 2. The van der Waals surface area contributed by atoms with Crippen LogP contribution >= 0.6 is 12.4 Å². The highest BCUT2D eigenvalue weighted by Gasteiger charge is 2.10. The van der Waals surface area contributed by atoms with E-state index in [-0.39, 0.29) is 17.9 Å². The van der Waals surface area contributed by atoms with Crippen molar-refractivity contribution in [3.05, 3.63) is 41.5 Å². The number of fused-ring (bicyclic) bond motifs is 2. The van der Waals surface area contributed by atoms with Crippen LogP contribution in [0.5, 0.6) is 11.5 Å². The maximum atomic E-state index is 6.12. The van der Waals surface area contributed by atoms with E-state index in [2.05, 4.69) is 81.7 Å². The molecule has 3 aromatic rings. The predicted octanol–water partition coefficient (Wildman–Crippen LogP) is 5.04. The van der Waals surface area contributed by atoms with Crippen LogP contribution in [0.25, 0.3) is 21.8 Å². The van der Waals surface area contributed by atoms with Gasteiger partial charge in [-0.1, -0.05) is 27.7 Å². The van der Waals surface area contributed by atoms with Crippen molar-refractivity contribution in [2.75, 3.05) is 52.5 Å². The van der Waals surface area contributed by atoms with E-state index in [9.17, 15) is 0 Å². The Balaban J connectivity index is 0.00000289. The molecule has 190 valence electrons. The number of aromatic nitrogens is 1. The molecular weight excluding hydrogens is 450 g/mol. The molecule has 0 spiro atoms. The minimum Gasteiger partial charge on any atom is -0.492 e. The quantitative estimate of drug-likeness (QED) is 0.332. The first-order valence-electron chi connectivity index (χ1n) is 12.0. The number of aryl methyl sites for hydroxylation is 2. The largest absolute Gasteiger partial charge is 0.492 e.